The molecule has 6 nitrogen and oxygen atoms in total. The van der Waals surface area contributed by atoms with E-state index in [0.717, 1.165) is 21.8 Å². The zero-order valence-corrected chi connectivity index (χ0v) is 13.1. The van der Waals surface area contributed by atoms with Gasteiger partial charge in [0.25, 0.3) is 0 Å². The summed E-state index contributed by atoms with van der Waals surface area (Å²) in [6.07, 6.45) is 0. The number of anilines is 1. The average Bonchev–Trinajstić information content (AvgIpc) is 2.81. The van der Waals surface area contributed by atoms with Crippen LogP contribution in [0.5, 0.6) is 0 Å². The second-order valence-corrected chi connectivity index (χ2v) is 5.66. The fourth-order valence-electron chi connectivity index (χ4n) is 2.06. The van der Waals surface area contributed by atoms with E-state index in [2.05, 4.69) is 4.98 Å². The molecular formula is C15H14N2O4S. The Morgan fingerprint density at radius 1 is 1.09 bits per heavy atom. The van der Waals surface area contributed by atoms with E-state index in [9.17, 15) is 14.4 Å². The van der Waals surface area contributed by atoms with E-state index in [0.29, 0.717) is 16.4 Å². The highest BCUT2D eigenvalue weighted by molar-refractivity contribution is 7.17. The van der Waals surface area contributed by atoms with Crippen LogP contribution < -0.4 is 4.90 Å². The van der Waals surface area contributed by atoms with Crippen molar-refractivity contribution in [1.82, 2.24) is 4.98 Å². The van der Waals surface area contributed by atoms with Crippen LogP contribution in [0, 0.1) is 6.92 Å². The largest absolute Gasteiger partial charge is 0.477 e. The number of rotatable bonds is 3. The molecule has 1 N–H and O–H groups in total. The van der Waals surface area contributed by atoms with Gasteiger partial charge in [0.1, 0.15) is 9.88 Å². The van der Waals surface area contributed by atoms with Crippen molar-refractivity contribution in [3.05, 3.63) is 34.8 Å². The van der Waals surface area contributed by atoms with Gasteiger partial charge in [-0.15, -0.1) is 11.3 Å². The molecule has 2 amide bonds. The molecule has 0 atom stereocenters. The van der Waals surface area contributed by atoms with Crippen molar-refractivity contribution in [1.29, 1.82) is 0 Å². The molecule has 0 fully saturated rings. The first-order valence-electron chi connectivity index (χ1n) is 6.43. The van der Waals surface area contributed by atoms with Crippen LogP contribution in [0.2, 0.25) is 0 Å². The summed E-state index contributed by atoms with van der Waals surface area (Å²) >= 11 is 1.09. The van der Waals surface area contributed by atoms with Gasteiger partial charge >= 0.3 is 5.97 Å². The maximum atomic E-state index is 11.5. The quantitative estimate of drug-likeness (QED) is 0.940. The van der Waals surface area contributed by atoms with Crippen molar-refractivity contribution in [2.45, 2.75) is 20.8 Å². The SMILES string of the molecule is CC(=O)N(C(C)=O)c1ccc(-c2nc(C)c(C(=O)O)s2)cc1. The first-order chi connectivity index (χ1) is 10.3. The van der Waals surface area contributed by atoms with Crippen LogP contribution in [0.15, 0.2) is 24.3 Å². The highest BCUT2D eigenvalue weighted by Crippen LogP contribution is 2.29. The van der Waals surface area contributed by atoms with E-state index in [1.54, 1.807) is 31.2 Å². The Labute approximate surface area is 131 Å². The third kappa shape index (κ3) is 3.04. The Morgan fingerprint density at radius 3 is 2.05 bits per heavy atom. The van der Waals surface area contributed by atoms with Gasteiger partial charge < -0.3 is 5.11 Å². The lowest BCUT2D eigenvalue weighted by Crippen LogP contribution is -2.32. The molecular weight excluding hydrogens is 304 g/mol. The number of hydrogen-bond acceptors (Lipinski definition) is 5. The van der Waals surface area contributed by atoms with E-state index in [1.807, 2.05) is 0 Å². The number of imide groups is 1. The van der Waals surface area contributed by atoms with Crippen LogP contribution in [-0.4, -0.2) is 27.9 Å². The van der Waals surface area contributed by atoms with Crippen LogP contribution in [-0.2, 0) is 9.59 Å². The van der Waals surface area contributed by atoms with Crippen LogP contribution in [0.1, 0.15) is 29.2 Å². The van der Waals surface area contributed by atoms with E-state index >= 15 is 0 Å². The molecule has 2 aromatic rings. The number of aromatic carboxylic acids is 1. The number of aromatic nitrogens is 1. The van der Waals surface area contributed by atoms with E-state index in [1.165, 1.54) is 13.8 Å². The molecule has 1 aromatic carbocycles. The van der Waals surface area contributed by atoms with Crippen molar-refractivity contribution >= 4 is 34.8 Å². The second-order valence-electron chi connectivity index (χ2n) is 4.66. The number of carbonyl (C=O) groups is 3. The Hall–Kier alpha value is -2.54. The summed E-state index contributed by atoms with van der Waals surface area (Å²) in [7, 11) is 0. The maximum Gasteiger partial charge on any atom is 0.347 e. The smallest absolute Gasteiger partial charge is 0.347 e. The Bertz CT molecular complexity index is 735. The molecule has 0 saturated heterocycles. The molecule has 0 aliphatic carbocycles. The van der Waals surface area contributed by atoms with Gasteiger partial charge in [-0.25, -0.2) is 9.78 Å². The monoisotopic (exact) mass is 318 g/mol. The molecule has 1 aromatic heterocycles. The summed E-state index contributed by atoms with van der Waals surface area (Å²) in [6.45, 7) is 4.28. The number of aryl methyl sites for hydroxylation is 1. The fraction of sp³-hybridized carbons (Fsp3) is 0.200. The molecule has 0 saturated carbocycles. The topological polar surface area (TPSA) is 87.6 Å². The standard InChI is InChI=1S/C15H14N2O4S/c1-8-13(15(20)21)22-14(16-8)11-4-6-12(7-5-11)17(9(2)18)10(3)19/h4-7H,1-3H3,(H,20,21). The number of carboxylic acids is 1. The minimum atomic E-state index is -1.00. The Morgan fingerprint density at radius 2 is 1.64 bits per heavy atom. The first-order valence-corrected chi connectivity index (χ1v) is 7.25. The van der Waals surface area contributed by atoms with Crippen LogP contribution in [0.4, 0.5) is 5.69 Å². The van der Waals surface area contributed by atoms with Crippen LogP contribution in [0.3, 0.4) is 0 Å². The van der Waals surface area contributed by atoms with E-state index in [-0.39, 0.29) is 16.7 Å². The van der Waals surface area contributed by atoms with Crippen molar-refractivity contribution in [2.75, 3.05) is 4.90 Å². The summed E-state index contributed by atoms with van der Waals surface area (Å²) in [5.74, 6) is -1.73. The minimum Gasteiger partial charge on any atom is -0.477 e. The summed E-state index contributed by atoms with van der Waals surface area (Å²) in [6, 6.07) is 6.68. The zero-order chi connectivity index (χ0) is 16.4. The summed E-state index contributed by atoms with van der Waals surface area (Å²) in [4.78, 5) is 39.5. The van der Waals surface area contributed by atoms with Gasteiger partial charge in [0.05, 0.1) is 11.4 Å². The zero-order valence-electron chi connectivity index (χ0n) is 12.3. The lowest BCUT2D eigenvalue weighted by atomic mass is 10.2. The van der Waals surface area contributed by atoms with E-state index < -0.39 is 5.97 Å². The number of nitrogens with zero attached hydrogens (tertiary/aromatic N) is 2. The van der Waals surface area contributed by atoms with Gasteiger partial charge in [0.15, 0.2) is 0 Å². The van der Waals surface area contributed by atoms with Gasteiger partial charge in [0, 0.05) is 19.4 Å². The fourth-order valence-corrected chi connectivity index (χ4v) is 2.97. The second kappa shape index (κ2) is 6.07. The lowest BCUT2D eigenvalue weighted by molar-refractivity contribution is -0.124. The molecule has 114 valence electrons. The number of amides is 2. The van der Waals surface area contributed by atoms with Crippen molar-refractivity contribution in [2.24, 2.45) is 0 Å². The van der Waals surface area contributed by atoms with Gasteiger partial charge in [0.2, 0.25) is 11.8 Å². The first kappa shape index (κ1) is 15.8. The number of thiazole rings is 1. The highest BCUT2D eigenvalue weighted by atomic mass is 32.1. The summed E-state index contributed by atoms with van der Waals surface area (Å²) in [5, 5.41) is 9.64. The third-order valence-electron chi connectivity index (χ3n) is 2.99. The van der Waals surface area contributed by atoms with Crippen molar-refractivity contribution < 1.29 is 19.5 Å². The Balaban J connectivity index is 2.36. The molecule has 2 rings (SSSR count). The number of hydrogen-bond donors (Lipinski definition) is 1. The van der Waals surface area contributed by atoms with Crippen molar-refractivity contribution in [3.63, 3.8) is 0 Å². The summed E-state index contributed by atoms with van der Waals surface area (Å²) in [5.41, 5.74) is 1.66. The van der Waals surface area contributed by atoms with Gasteiger partial charge in [-0.05, 0) is 31.2 Å². The Kier molecular flexibility index (Phi) is 4.37. The molecule has 0 bridgehead atoms. The van der Waals surface area contributed by atoms with Gasteiger partial charge in [-0.2, -0.15) is 0 Å². The molecule has 0 spiro atoms. The molecule has 1 heterocycles. The summed E-state index contributed by atoms with van der Waals surface area (Å²) < 4.78 is 0. The predicted molar refractivity (Wildman–Crippen MR) is 83.1 cm³/mol. The molecule has 0 aliphatic rings. The maximum absolute atomic E-state index is 11.5. The van der Waals surface area contributed by atoms with Crippen LogP contribution >= 0.6 is 11.3 Å². The minimum absolute atomic E-state index is 0.202. The van der Waals surface area contributed by atoms with Gasteiger partial charge in [-0.3, -0.25) is 14.5 Å². The normalized spacial score (nSPS) is 10.3. The molecule has 0 aliphatic heterocycles. The van der Waals surface area contributed by atoms with Crippen molar-refractivity contribution in [3.8, 4) is 10.6 Å². The highest BCUT2D eigenvalue weighted by Gasteiger charge is 2.18. The lowest BCUT2D eigenvalue weighted by Gasteiger charge is -2.17. The third-order valence-corrected chi connectivity index (χ3v) is 4.19. The van der Waals surface area contributed by atoms with Crippen LogP contribution in [0.25, 0.3) is 10.6 Å². The van der Waals surface area contributed by atoms with Gasteiger partial charge in [-0.1, -0.05) is 0 Å². The number of carboxylic acid groups (broad SMARTS) is 1. The molecule has 7 heteroatoms. The molecule has 0 radical (unpaired) electrons. The molecule has 0 unspecified atom stereocenters. The number of carbonyl (C=O) groups excluding carboxylic acids is 2. The predicted octanol–water partition coefficient (Wildman–Crippen LogP) is 2.72. The van der Waals surface area contributed by atoms with E-state index in [4.69, 9.17) is 5.11 Å². The average molecular weight is 318 g/mol. The molecule has 22 heavy (non-hydrogen) atoms. The number of benzene rings is 1.